The number of hydrogen-bond donors (Lipinski definition) is 0. The van der Waals surface area contributed by atoms with E-state index in [1.54, 1.807) is 11.3 Å². The maximum atomic E-state index is 13.5. The van der Waals surface area contributed by atoms with Gasteiger partial charge < -0.3 is 0 Å². The highest BCUT2D eigenvalue weighted by Gasteiger charge is 2.32. The Labute approximate surface area is 191 Å². The van der Waals surface area contributed by atoms with Crippen LogP contribution in [0.4, 0.5) is 0 Å². The summed E-state index contributed by atoms with van der Waals surface area (Å²) in [6, 6.07) is 20.1. The van der Waals surface area contributed by atoms with E-state index < -0.39 is 0 Å². The van der Waals surface area contributed by atoms with Gasteiger partial charge in [0.1, 0.15) is 0 Å². The lowest BCUT2D eigenvalue weighted by atomic mass is 9.85. The van der Waals surface area contributed by atoms with E-state index in [2.05, 4.69) is 41.8 Å². The van der Waals surface area contributed by atoms with Crippen LogP contribution in [0.1, 0.15) is 34.0 Å². The van der Waals surface area contributed by atoms with Crippen molar-refractivity contribution in [1.82, 2.24) is 4.57 Å². The minimum absolute atomic E-state index is 0.0162. The van der Waals surface area contributed by atoms with E-state index in [1.165, 1.54) is 32.9 Å². The van der Waals surface area contributed by atoms with E-state index in [4.69, 9.17) is 16.6 Å². The van der Waals surface area contributed by atoms with E-state index in [0.29, 0.717) is 9.55 Å². The predicted octanol–water partition coefficient (Wildman–Crippen LogP) is 5.03. The van der Waals surface area contributed by atoms with Crippen LogP contribution in [0.3, 0.4) is 0 Å². The first-order valence-electron chi connectivity index (χ1n) is 10.1. The van der Waals surface area contributed by atoms with Crippen molar-refractivity contribution in [3.05, 3.63) is 118 Å². The van der Waals surface area contributed by atoms with Crippen LogP contribution in [0.5, 0.6) is 0 Å². The molecule has 1 unspecified atom stereocenters. The van der Waals surface area contributed by atoms with Crippen molar-refractivity contribution >= 4 is 46.0 Å². The van der Waals surface area contributed by atoms with E-state index in [1.807, 2.05) is 34.9 Å². The zero-order valence-electron chi connectivity index (χ0n) is 16.4. The van der Waals surface area contributed by atoms with E-state index >= 15 is 0 Å². The summed E-state index contributed by atoms with van der Waals surface area (Å²) in [6.07, 6.45) is 3.82. The van der Waals surface area contributed by atoms with E-state index in [9.17, 15) is 4.79 Å². The maximum absolute atomic E-state index is 13.5. The van der Waals surface area contributed by atoms with Crippen LogP contribution in [-0.2, 0) is 6.42 Å². The molecule has 3 nitrogen and oxygen atoms in total. The predicted molar refractivity (Wildman–Crippen MR) is 129 cm³/mol. The van der Waals surface area contributed by atoms with Gasteiger partial charge in [0.2, 0.25) is 0 Å². The molecule has 0 N–H and O–H groups in total. The molecule has 6 heteroatoms. The standard InChI is InChI=1S/C25H17ClN2OS2/c26-17-10-7-15(8-11-17)14-21-24(29)28-23(20-6-3-13-30-20)19-12-9-16-4-1-2-5-18(16)22(19)27-25(28)31-21/h1-8,10-11,13-14,23H,9,12H2. The second kappa shape index (κ2) is 7.45. The Morgan fingerprint density at radius 3 is 2.68 bits per heavy atom. The van der Waals surface area contributed by atoms with Crippen molar-refractivity contribution in [2.75, 3.05) is 0 Å². The number of hydrogen-bond acceptors (Lipinski definition) is 4. The van der Waals surface area contributed by atoms with Crippen molar-refractivity contribution in [1.29, 1.82) is 0 Å². The molecule has 0 fully saturated rings. The summed E-state index contributed by atoms with van der Waals surface area (Å²) < 4.78 is 2.58. The molecule has 4 aromatic rings. The quantitative estimate of drug-likeness (QED) is 0.413. The van der Waals surface area contributed by atoms with Crippen molar-refractivity contribution in [3.63, 3.8) is 0 Å². The number of aromatic nitrogens is 1. The zero-order chi connectivity index (χ0) is 20.9. The molecule has 6 rings (SSSR count). The van der Waals surface area contributed by atoms with Gasteiger partial charge in [-0.2, -0.15) is 0 Å². The van der Waals surface area contributed by atoms with Crippen molar-refractivity contribution < 1.29 is 0 Å². The Kier molecular flexibility index (Phi) is 4.56. The van der Waals surface area contributed by atoms with Crippen LogP contribution in [-0.4, -0.2) is 4.57 Å². The highest BCUT2D eigenvalue weighted by Crippen LogP contribution is 2.42. The van der Waals surface area contributed by atoms with Crippen LogP contribution >= 0.6 is 34.3 Å². The molecule has 152 valence electrons. The molecule has 2 aromatic carbocycles. The molecule has 31 heavy (non-hydrogen) atoms. The summed E-state index contributed by atoms with van der Waals surface area (Å²) in [7, 11) is 0. The van der Waals surface area contributed by atoms with Gasteiger partial charge in [0.15, 0.2) is 4.80 Å². The van der Waals surface area contributed by atoms with Gasteiger partial charge in [-0.05, 0) is 59.2 Å². The number of benzene rings is 2. The number of halogens is 1. The van der Waals surface area contributed by atoms with Gasteiger partial charge >= 0.3 is 0 Å². The number of thiazole rings is 1. The van der Waals surface area contributed by atoms with Crippen LogP contribution in [0.15, 0.2) is 81.4 Å². The summed E-state index contributed by atoms with van der Waals surface area (Å²) >= 11 is 9.18. The Balaban J connectivity index is 1.62. The van der Waals surface area contributed by atoms with Crippen molar-refractivity contribution in [3.8, 4) is 0 Å². The maximum Gasteiger partial charge on any atom is 0.271 e. The molecule has 2 aromatic heterocycles. The number of aryl methyl sites for hydroxylation is 1. The first-order chi connectivity index (χ1) is 15.2. The van der Waals surface area contributed by atoms with Crippen molar-refractivity contribution in [2.45, 2.75) is 18.9 Å². The molecule has 1 atom stereocenters. The molecular weight excluding hydrogens is 444 g/mol. The van der Waals surface area contributed by atoms with Gasteiger partial charge in [-0.15, -0.1) is 11.3 Å². The average Bonchev–Trinajstić information content (AvgIpc) is 3.43. The number of thiophene rings is 1. The lowest BCUT2D eigenvalue weighted by Gasteiger charge is -2.30. The van der Waals surface area contributed by atoms with Gasteiger partial charge in [-0.25, -0.2) is 4.99 Å². The molecule has 0 amide bonds. The highest BCUT2D eigenvalue weighted by atomic mass is 35.5. The summed E-state index contributed by atoms with van der Waals surface area (Å²) in [4.78, 5) is 20.5. The molecule has 1 aliphatic heterocycles. The average molecular weight is 461 g/mol. The number of allylic oxidation sites excluding steroid dienone is 1. The molecule has 2 aliphatic rings. The smallest absolute Gasteiger partial charge is 0.271 e. The van der Waals surface area contributed by atoms with Gasteiger partial charge in [0.05, 0.1) is 16.3 Å². The molecule has 1 aliphatic carbocycles. The lowest BCUT2D eigenvalue weighted by Crippen LogP contribution is -2.38. The third kappa shape index (κ3) is 3.16. The molecule has 0 saturated carbocycles. The van der Waals surface area contributed by atoms with E-state index in [0.717, 1.165) is 28.9 Å². The molecule has 0 bridgehead atoms. The van der Waals surface area contributed by atoms with Crippen LogP contribution in [0.2, 0.25) is 5.02 Å². The second-order valence-corrected chi connectivity index (χ2v) is 10.1. The lowest BCUT2D eigenvalue weighted by molar-refractivity contribution is 0.593. The summed E-state index contributed by atoms with van der Waals surface area (Å²) in [5.41, 5.74) is 5.78. The fourth-order valence-corrected chi connectivity index (χ4v) is 6.40. The molecule has 3 heterocycles. The Morgan fingerprint density at radius 2 is 1.87 bits per heavy atom. The summed E-state index contributed by atoms with van der Waals surface area (Å²) in [6.45, 7) is 0. The monoisotopic (exact) mass is 460 g/mol. The minimum Gasteiger partial charge on any atom is -0.271 e. The van der Waals surface area contributed by atoms with Gasteiger partial charge in [-0.3, -0.25) is 9.36 Å². The zero-order valence-corrected chi connectivity index (χ0v) is 18.8. The number of rotatable bonds is 2. The first-order valence-corrected chi connectivity index (χ1v) is 12.2. The topological polar surface area (TPSA) is 34.4 Å². The van der Waals surface area contributed by atoms with Crippen molar-refractivity contribution in [2.24, 2.45) is 4.99 Å². The third-order valence-electron chi connectivity index (χ3n) is 5.85. The third-order valence-corrected chi connectivity index (χ3v) is 8.01. The van der Waals surface area contributed by atoms with Crippen LogP contribution < -0.4 is 14.9 Å². The van der Waals surface area contributed by atoms with Gasteiger partial charge in [0, 0.05) is 15.5 Å². The Morgan fingerprint density at radius 1 is 1.03 bits per heavy atom. The SMILES string of the molecule is O=c1c(=Cc2ccc(Cl)cc2)sc2n1C(c1cccs1)C1=C(N=2)c2ccccc2CC1. The minimum atomic E-state index is -0.0908. The van der Waals surface area contributed by atoms with E-state index in [-0.39, 0.29) is 11.6 Å². The fraction of sp³-hybridized carbons (Fsp3) is 0.120. The Bertz CT molecular complexity index is 1510. The molecule has 0 saturated heterocycles. The summed E-state index contributed by atoms with van der Waals surface area (Å²) in [5.74, 6) is 0. The second-order valence-electron chi connectivity index (χ2n) is 7.68. The first kappa shape index (κ1) is 19.0. The van der Waals surface area contributed by atoms with Gasteiger partial charge in [0.25, 0.3) is 5.56 Å². The van der Waals surface area contributed by atoms with Crippen LogP contribution in [0, 0.1) is 0 Å². The fourth-order valence-electron chi connectivity index (χ4n) is 4.43. The number of fused-ring (bicyclic) bond motifs is 3. The normalized spacial score (nSPS) is 17.7. The molecule has 0 radical (unpaired) electrons. The van der Waals surface area contributed by atoms with Gasteiger partial charge in [-0.1, -0.05) is 65.4 Å². The van der Waals surface area contributed by atoms with Crippen LogP contribution in [0.25, 0.3) is 11.8 Å². The molecule has 0 spiro atoms. The number of nitrogens with zero attached hydrogens (tertiary/aromatic N) is 2. The Hall–Kier alpha value is -2.73. The molecular formula is C25H17ClN2OS2. The largest absolute Gasteiger partial charge is 0.271 e. The highest BCUT2D eigenvalue weighted by molar-refractivity contribution is 7.10. The summed E-state index contributed by atoms with van der Waals surface area (Å²) in [5, 5.41) is 2.76.